The summed E-state index contributed by atoms with van der Waals surface area (Å²) in [6, 6.07) is 0. The van der Waals surface area contributed by atoms with Gasteiger partial charge in [0, 0.05) is 12.8 Å². The fourth-order valence-corrected chi connectivity index (χ4v) is 8.93. The van der Waals surface area contributed by atoms with Crippen molar-refractivity contribution in [3.05, 3.63) is 0 Å². The molecule has 0 aromatic rings. The Bertz CT molecular complexity index is 764. The van der Waals surface area contributed by atoms with Gasteiger partial charge in [0.05, 0.1) is 13.2 Å². The molecule has 0 saturated carbocycles. The molecule has 0 fully saturated rings. The van der Waals surface area contributed by atoms with Gasteiger partial charge in [-0.25, -0.2) is 0 Å². The number of unbranched alkanes of at least 4 members (excludes halogenated alkanes) is 20. The maximum Gasteiger partial charge on any atom is 0.305 e. The van der Waals surface area contributed by atoms with Gasteiger partial charge in [0.15, 0.2) is 0 Å². The number of hydrogen-bond acceptors (Lipinski definition) is 5. The molecule has 5 heteroatoms. The van der Waals surface area contributed by atoms with E-state index < -0.39 is 0 Å². The minimum absolute atomic E-state index is 0.0234. The summed E-state index contributed by atoms with van der Waals surface area (Å²) in [7, 11) is 0. The summed E-state index contributed by atoms with van der Waals surface area (Å²) in [6.07, 6.45) is 45.8. The van der Waals surface area contributed by atoms with Gasteiger partial charge in [-0.3, -0.25) is 9.59 Å². The predicted octanol–water partition coefficient (Wildman–Crippen LogP) is 16.8. The zero-order chi connectivity index (χ0) is 42.6. The maximum absolute atomic E-state index is 12.4. The Balaban J connectivity index is 4.10. The van der Waals surface area contributed by atoms with Crippen LogP contribution in [0.4, 0.5) is 0 Å². The van der Waals surface area contributed by atoms with Crippen LogP contribution in [0.2, 0.25) is 0 Å². The Hall–Kier alpha value is -1.10. The lowest BCUT2D eigenvalue weighted by Crippen LogP contribution is -2.25. The van der Waals surface area contributed by atoms with Crippen molar-refractivity contribution in [2.24, 2.45) is 17.8 Å². The van der Waals surface area contributed by atoms with Gasteiger partial charge in [-0.15, -0.1) is 0 Å². The quantitative estimate of drug-likeness (QED) is 0.0452. The van der Waals surface area contributed by atoms with Crippen molar-refractivity contribution < 1.29 is 19.1 Å². The molecule has 0 aromatic carbocycles. The average molecular weight is 820 g/mol. The molecule has 0 heterocycles. The SMILES string of the molecule is CCCCCC(CCCCC)CCOC(=O)CCCCCCCCCC(CCCCCCCCCC(=O)OCCC(CCCCC)CCCCC)CCN(CC)CC. The van der Waals surface area contributed by atoms with Gasteiger partial charge in [0.25, 0.3) is 0 Å². The average Bonchev–Trinajstić information content (AvgIpc) is 3.22. The Labute approximate surface area is 364 Å². The second-order valence-corrected chi connectivity index (χ2v) is 18.4. The lowest BCUT2D eigenvalue weighted by molar-refractivity contribution is -0.145. The van der Waals surface area contributed by atoms with Crippen molar-refractivity contribution in [2.75, 3.05) is 32.8 Å². The molecule has 0 atom stereocenters. The molecule has 0 amide bonds. The number of carbonyl (C=O) groups is 2. The Morgan fingerprint density at radius 3 is 0.931 bits per heavy atom. The zero-order valence-corrected chi connectivity index (χ0v) is 40.5. The molecule has 0 saturated heterocycles. The highest BCUT2D eigenvalue weighted by Gasteiger charge is 2.13. The van der Waals surface area contributed by atoms with Gasteiger partial charge in [0.2, 0.25) is 0 Å². The van der Waals surface area contributed by atoms with Gasteiger partial charge in [0.1, 0.15) is 0 Å². The first-order valence-electron chi connectivity index (χ1n) is 26.5. The van der Waals surface area contributed by atoms with Crippen LogP contribution in [-0.4, -0.2) is 49.7 Å². The molecule has 0 N–H and O–H groups in total. The van der Waals surface area contributed by atoms with Gasteiger partial charge in [-0.2, -0.15) is 0 Å². The summed E-state index contributed by atoms with van der Waals surface area (Å²) in [5.74, 6) is 2.37. The highest BCUT2D eigenvalue weighted by molar-refractivity contribution is 5.69. The molecule has 0 aliphatic carbocycles. The van der Waals surface area contributed by atoms with Crippen LogP contribution in [0.3, 0.4) is 0 Å². The molecular formula is C53H105NO4. The van der Waals surface area contributed by atoms with E-state index >= 15 is 0 Å². The number of esters is 2. The van der Waals surface area contributed by atoms with E-state index in [1.54, 1.807) is 0 Å². The van der Waals surface area contributed by atoms with Crippen LogP contribution in [0.15, 0.2) is 0 Å². The summed E-state index contributed by atoms with van der Waals surface area (Å²) in [6.45, 7) is 18.5. The zero-order valence-electron chi connectivity index (χ0n) is 40.5. The van der Waals surface area contributed by atoms with Crippen molar-refractivity contribution in [1.29, 1.82) is 0 Å². The van der Waals surface area contributed by atoms with Crippen LogP contribution in [0.25, 0.3) is 0 Å². The largest absolute Gasteiger partial charge is 0.466 e. The minimum Gasteiger partial charge on any atom is -0.466 e. The van der Waals surface area contributed by atoms with Crippen LogP contribution in [0.5, 0.6) is 0 Å². The summed E-state index contributed by atoms with van der Waals surface area (Å²) in [5.41, 5.74) is 0. The molecule has 0 unspecified atom stereocenters. The monoisotopic (exact) mass is 820 g/mol. The van der Waals surface area contributed by atoms with E-state index in [0.717, 1.165) is 69.4 Å². The van der Waals surface area contributed by atoms with Gasteiger partial charge in [-0.1, -0.05) is 234 Å². The summed E-state index contributed by atoms with van der Waals surface area (Å²) in [5, 5.41) is 0. The predicted molar refractivity (Wildman–Crippen MR) is 254 cm³/mol. The third kappa shape index (κ3) is 39.1. The highest BCUT2D eigenvalue weighted by atomic mass is 16.5. The molecule has 0 aliphatic heterocycles. The lowest BCUT2D eigenvalue weighted by Gasteiger charge is -2.23. The Morgan fingerprint density at radius 1 is 0.345 bits per heavy atom. The standard InChI is InChI=1S/C53H105NO4/c1-7-13-27-35-50(36-28-14-8-2)44-47-57-52(55)41-33-25-21-17-19-23-31-39-49(43-46-54(11-5)12-6)40-32-24-20-18-22-26-34-42-53(56)58-48-45-51(37-29-15-9-3)38-30-16-10-4/h49-51H,7-48H2,1-6H3. The van der Waals surface area contributed by atoms with Gasteiger partial charge in [-0.05, 0) is 69.5 Å². The van der Waals surface area contributed by atoms with E-state index in [4.69, 9.17) is 9.47 Å². The molecule has 0 aliphatic rings. The molecule has 5 nitrogen and oxygen atoms in total. The summed E-state index contributed by atoms with van der Waals surface area (Å²) in [4.78, 5) is 27.3. The van der Waals surface area contributed by atoms with Crippen LogP contribution in [0, 0.1) is 17.8 Å². The number of hydrogen-bond donors (Lipinski definition) is 0. The number of nitrogens with zero attached hydrogens (tertiary/aromatic N) is 1. The van der Waals surface area contributed by atoms with Crippen LogP contribution in [0.1, 0.15) is 279 Å². The number of rotatable bonds is 47. The molecule has 58 heavy (non-hydrogen) atoms. The van der Waals surface area contributed by atoms with Gasteiger partial charge >= 0.3 is 11.9 Å². The number of ether oxygens (including phenoxy) is 2. The molecule has 0 aromatic heterocycles. The van der Waals surface area contributed by atoms with E-state index in [9.17, 15) is 9.59 Å². The summed E-state index contributed by atoms with van der Waals surface area (Å²) < 4.78 is 11.3. The third-order valence-electron chi connectivity index (χ3n) is 13.2. The Kier molecular flexibility index (Phi) is 44.6. The minimum atomic E-state index is 0.0234. The Morgan fingerprint density at radius 2 is 0.621 bits per heavy atom. The molecular weight excluding hydrogens is 715 g/mol. The maximum atomic E-state index is 12.4. The fourth-order valence-electron chi connectivity index (χ4n) is 8.93. The van der Waals surface area contributed by atoms with E-state index in [0.29, 0.717) is 26.1 Å². The van der Waals surface area contributed by atoms with Crippen LogP contribution in [-0.2, 0) is 19.1 Å². The van der Waals surface area contributed by atoms with E-state index in [2.05, 4.69) is 46.4 Å². The van der Waals surface area contributed by atoms with E-state index in [1.165, 1.54) is 193 Å². The van der Waals surface area contributed by atoms with Crippen molar-refractivity contribution in [1.82, 2.24) is 4.90 Å². The molecule has 0 bridgehead atoms. The second-order valence-electron chi connectivity index (χ2n) is 18.4. The molecule has 0 radical (unpaired) electrons. The highest BCUT2D eigenvalue weighted by Crippen LogP contribution is 2.25. The van der Waals surface area contributed by atoms with E-state index in [-0.39, 0.29) is 11.9 Å². The van der Waals surface area contributed by atoms with Crippen molar-refractivity contribution in [3.8, 4) is 0 Å². The smallest absolute Gasteiger partial charge is 0.305 e. The second kappa shape index (κ2) is 45.4. The van der Waals surface area contributed by atoms with Gasteiger partial charge < -0.3 is 14.4 Å². The number of carbonyl (C=O) groups excluding carboxylic acids is 2. The normalized spacial score (nSPS) is 11.8. The van der Waals surface area contributed by atoms with Crippen LogP contribution >= 0.6 is 0 Å². The molecule has 0 rings (SSSR count). The lowest BCUT2D eigenvalue weighted by atomic mass is 9.91. The van der Waals surface area contributed by atoms with E-state index in [1.807, 2.05) is 0 Å². The third-order valence-corrected chi connectivity index (χ3v) is 13.2. The molecule has 0 spiro atoms. The first kappa shape index (κ1) is 56.9. The van der Waals surface area contributed by atoms with Crippen LogP contribution < -0.4 is 0 Å². The first-order chi connectivity index (χ1) is 28.4. The summed E-state index contributed by atoms with van der Waals surface area (Å²) >= 11 is 0. The fraction of sp³-hybridized carbons (Fsp3) is 0.962. The topological polar surface area (TPSA) is 55.8 Å². The molecule has 346 valence electrons. The van der Waals surface area contributed by atoms with Crippen molar-refractivity contribution in [3.63, 3.8) is 0 Å². The first-order valence-corrected chi connectivity index (χ1v) is 26.5. The van der Waals surface area contributed by atoms with Crippen molar-refractivity contribution in [2.45, 2.75) is 279 Å². The van der Waals surface area contributed by atoms with Crippen molar-refractivity contribution >= 4 is 11.9 Å².